The van der Waals surface area contributed by atoms with Gasteiger partial charge in [0.05, 0.1) is 6.10 Å². The number of aliphatic hydroxyl groups excluding tert-OH is 1. The molecule has 0 aromatic rings. The minimum absolute atomic E-state index is 0.0886. The van der Waals surface area contributed by atoms with E-state index in [9.17, 15) is 5.11 Å². The van der Waals surface area contributed by atoms with Crippen LogP contribution in [0.1, 0.15) is 46.0 Å². The van der Waals surface area contributed by atoms with Crippen molar-refractivity contribution in [3.63, 3.8) is 0 Å². The first kappa shape index (κ1) is 11.0. The van der Waals surface area contributed by atoms with Gasteiger partial charge < -0.3 is 10.4 Å². The zero-order valence-corrected chi connectivity index (χ0v) is 8.92. The second-order valence-corrected chi connectivity index (χ2v) is 4.20. The molecule has 2 nitrogen and oxygen atoms in total. The van der Waals surface area contributed by atoms with Crippen LogP contribution in [0.2, 0.25) is 0 Å². The molecule has 1 rings (SSSR count). The lowest BCUT2D eigenvalue weighted by molar-refractivity contribution is 0.146. The highest BCUT2D eigenvalue weighted by molar-refractivity contribution is 4.82. The lowest BCUT2D eigenvalue weighted by atomic mass is 10.0. The Labute approximate surface area is 81.7 Å². The average molecular weight is 185 g/mol. The monoisotopic (exact) mass is 185 g/mol. The van der Waals surface area contributed by atoms with Gasteiger partial charge in [0.25, 0.3) is 0 Å². The maximum absolute atomic E-state index is 9.58. The summed E-state index contributed by atoms with van der Waals surface area (Å²) >= 11 is 0. The predicted octanol–water partition coefficient (Wildman–Crippen LogP) is 1.93. The molecule has 0 radical (unpaired) electrons. The molecule has 2 unspecified atom stereocenters. The van der Waals surface area contributed by atoms with Crippen molar-refractivity contribution >= 4 is 0 Å². The van der Waals surface area contributed by atoms with Crippen molar-refractivity contribution in [2.75, 3.05) is 6.54 Å². The minimum atomic E-state index is -0.0886. The van der Waals surface area contributed by atoms with E-state index in [1.165, 1.54) is 19.3 Å². The molecular formula is C11H23NO. The molecule has 1 saturated carbocycles. The third-order valence-electron chi connectivity index (χ3n) is 3.30. The average Bonchev–Trinajstić information content (AvgIpc) is 2.54. The van der Waals surface area contributed by atoms with Crippen molar-refractivity contribution in [3.05, 3.63) is 0 Å². The van der Waals surface area contributed by atoms with Crippen LogP contribution in [0.3, 0.4) is 0 Å². The van der Waals surface area contributed by atoms with E-state index in [-0.39, 0.29) is 6.10 Å². The number of nitrogens with one attached hydrogen (secondary N) is 1. The molecule has 0 aliphatic heterocycles. The van der Waals surface area contributed by atoms with E-state index in [1.54, 1.807) is 0 Å². The van der Waals surface area contributed by atoms with Gasteiger partial charge in [0.15, 0.2) is 0 Å². The van der Waals surface area contributed by atoms with Gasteiger partial charge in [-0.1, -0.05) is 26.7 Å². The van der Waals surface area contributed by atoms with Crippen LogP contribution in [-0.4, -0.2) is 23.8 Å². The van der Waals surface area contributed by atoms with Crippen LogP contribution in [-0.2, 0) is 0 Å². The Balaban J connectivity index is 2.17. The van der Waals surface area contributed by atoms with Crippen LogP contribution in [0, 0.1) is 5.92 Å². The van der Waals surface area contributed by atoms with Crippen molar-refractivity contribution in [3.8, 4) is 0 Å². The van der Waals surface area contributed by atoms with Gasteiger partial charge in [0.1, 0.15) is 0 Å². The van der Waals surface area contributed by atoms with Gasteiger partial charge in [-0.3, -0.25) is 0 Å². The van der Waals surface area contributed by atoms with Crippen molar-refractivity contribution in [2.24, 2.45) is 5.92 Å². The first-order chi connectivity index (χ1) is 6.27. The summed E-state index contributed by atoms with van der Waals surface area (Å²) in [5.74, 6) is 0.785. The smallest absolute Gasteiger partial charge is 0.0693 e. The number of rotatable bonds is 5. The molecule has 1 fully saturated rings. The molecular weight excluding hydrogens is 162 g/mol. The Hall–Kier alpha value is -0.0800. The standard InChI is InChI=1S/C11H23NO/c1-3-9(4-2)8-12-10-6-5-7-11(10)13/h9-13H,3-8H2,1-2H3. The van der Waals surface area contributed by atoms with Crippen molar-refractivity contribution in [2.45, 2.75) is 58.1 Å². The molecule has 0 amide bonds. The molecule has 0 spiro atoms. The molecule has 0 aromatic carbocycles. The molecule has 2 heteroatoms. The topological polar surface area (TPSA) is 32.3 Å². The number of hydrogen-bond acceptors (Lipinski definition) is 2. The van der Waals surface area contributed by atoms with Crippen LogP contribution in [0.4, 0.5) is 0 Å². The molecule has 13 heavy (non-hydrogen) atoms. The molecule has 78 valence electrons. The first-order valence-corrected chi connectivity index (χ1v) is 5.69. The van der Waals surface area contributed by atoms with Crippen molar-refractivity contribution in [1.82, 2.24) is 5.32 Å². The van der Waals surface area contributed by atoms with E-state index in [2.05, 4.69) is 19.2 Å². The molecule has 0 saturated heterocycles. The zero-order chi connectivity index (χ0) is 9.68. The van der Waals surface area contributed by atoms with E-state index >= 15 is 0 Å². The molecule has 0 heterocycles. The van der Waals surface area contributed by atoms with Crippen LogP contribution in [0.15, 0.2) is 0 Å². The summed E-state index contributed by atoms with van der Waals surface area (Å²) in [6.07, 6.45) is 5.72. The van der Waals surface area contributed by atoms with E-state index in [0.29, 0.717) is 6.04 Å². The lowest BCUT2D eigenvalue weighted by Crippen LogP contribution is -2.38. The third-order valence-corrected chi connectivity index (χ3v) is 3.30. The lowest BCUT2D eigenvalue weighted by Gasteiger charge is -2.20. The summed E-state index contributed by atoms with van der Waals surface area (Å²) in [4.78, 5) is 0. The SMILES string of the molecule is CCC(CC)CNC1CCCC1O. The van der Waals surface area contributed by atoms with Gasteiger partial charge in [-0.2, -0.15) is 0 Å². The highest BCUT2D eigenvalue weighted by atomic mass is 16.3. The Morgan fingerprint density at radius 1 is 1.31 bits per heavy atom. The third kappa shape index (κ3) is 3.28. The fourth-order valence-corrected chi connectivity index (χ4v) is 2.07. The van der Waals surface area contributed by atoms with Gasteiger partial charge in [-0.05, 0) is 31.7 Å². The number of aliphatic hydroxyl groups is 1. The Morgan fingerprint density at radius 2 is 2.00 bits per heavy atom. The van der Waals surface area contributed by atoms with Gasteiger partial charge >= 0.3 is 0 Å². The zero-order valence-electron chi connectivity index (χ0n) is 8.92. The summed E-state index contributed by atoms with van der Waals surface area (Å²) in [5, 5.41) is 13.1. The highest BCUT2D eigenvalue weighted by Gasteiger charge is 2.24. The Bertz CT molecular complexity index is 134. The Morgan fingerprint density at radius 3 is 2.46 bits per heavy atom. The van der Waals surface area contributed by atoms with Gasteiger partial charge in [0, 0.05) is 6.04 Å². The van der Waals surface area contributed by atoms with Gasteiger partial charge in [-0.25, -0.2) is 0 Å². The summed E-state index contributed by atoms with van der Waals surface area (Å²) in [6.45, 7) is 5.55. The summed E-state index contributed by atoms with van der Waals surface area (Å²) in [5.41, 5.74) is 0. The van der Waals surface area contributed by atoms with Crippen LogP contribution < -0.4 is 5.32 Å². The van der Waals surface area contributed by atoms with E-state index in [4.69, 9.17) is 0 Å². The maximum atomic E-state index is 9.58. The van der Waals surface area contributed by atoms with Gasteiger partial charge in [-0.15, -0.1) is 0 Å². The molecule has 2 N–H and O–H groups in total. The highest BCUT2D eigenvalue weighted by Crippen LogP contribution is 2.19. The normalized spacial score (nSPS) is 28.6. The van der Waals surface area contributed by atoms with E-state index < -0.39 is 0 Å². The first-order valence-electron chi connectivity index (χ1n) is 5.69. The molecule has 0 aromatic heterocycles. The summed E-state index contributed by atoms with van der Waals surface area (Å²) in [6, 6.07) is 0.376. The molecule has 2 atom stereocenters. The second kappa shape index (κ2) is 5.61. The van der Waals surface area contributed by atoms with Gasteiger partial charge in [0.2, 0.25) is 0 Å². The second-order valence-electron chi connectivity index (χ2n) is 4.20. The van der Waals surface area contributed by atoms with Crippen molar-refractivity contribution in [1.29, 1.82) is 0 Å². The number of hydrogen-bond donors (Lipinski definition) is 2. The van der Waals surface area contributed by atoms with Crippen LogP contribution in [0.25, 0.3) is 0 Å². The van der Waals surface area contributed by atoms with Crippen molar-refractivity contribution < 1.29 is 5.11 Å². The fourth-order valence-electron chi connectivity index (χ4n) is 2.07. The van der Waals surface area contributed by atoms with Crippen LogP contribution in [0.5, 0.6) is 0 Å². The summed E-state index contributed by atoms with van der Waals surface area (Å²) < 4.78 is 0. The summed E-state index contributed by atoms with van der Waals surface area (Å²) in [7, 11) is 0. The maximum Gasteiger partial charge on any atom is 0.0693 e. The largest absolute Gasteiger partial charge is 0.392 e. The molecule has 1 aliphatic rings. The Kier molecular flexibility index (Phi) is 4.74. The quantitative estimate of drug-likeness (QED) is 0.686. The predicted molar refractivity (Wildman–Crippen MR) is 55.7 cm³/mol. The molecule has 0 bridgehead atoms. The minimum Gasteiger partial charge on any atom is -0.392 e. The fraction of sp³-hybridized carbons (Fsp3) is 1.00. The van der Waals surface area contributed by atoms with E-state index in [0.717, 1.165) is 25.3 Å². The van der Waals surface area contributed by atoms with Crippen LogP contribution >= 0.6 is 0 Å². The molecule has 1 aliphatic carbocycles. The van der Waals surface area contributed by atoms with E-state index in [1.807, 2.05) is 0 Å².